The van der Waals surface area contributed by atoms with Gasteiger partial charge in [-0.05, 0) is 6.42 Å². The summed E-state index contributed by atoms with van der Waals surface area (Å²) in [6.45, 7) is 3.05. The molecule has 0 amide bonds. The third-order valence-electron chi connectivity index (χ3n) is 6.81. The second-order valence-corrected chi connectivity index (χ2v) is 9.59. The Kier molecular flexibility index (Phi) is 7.72. The lowest BCUT2D eigenvalue weighted by Gasteiger charge is -2.15. The van der Waals surface area contributed by atoms with E-state index in [0.29, 0.717) is 18.5 Å². The van der Waals surface area contributed by atoms with Crippen LogP contribution in [0.25, 0.3) is 22.3 Å². The van der Waals surface area contributed by atoms with Crippen LogP contribution in [0.2, 0.25) is 0 Å². The highest BCUT2D eigenvalue weighted by atomic mass is 16.6. The van der Waals surface area contributed by atoms with E-state index in [2.05, 4.69) is 29.9 Å². The Morgan fingerprint density at radius 3 is 1.98 bits per heavy atom. The number of nitrogens with one attached hydrogen (secondary N) is 2. The number of aromatic amines is 2. The van der Waals surface area contributed by atoms with Crippen LogP contribution in [0, 0.1) is 0 Å². The van der Waals surface area contributed by atoms with Crippen LogP contribution in [-0.2, 0) is 19.0 Å². The average molecular weight is 575 g/mol. The highest BCUT2D eigenvalue weighted by molar-refractivity contribution is 5.71. The molecule has 4 aromatic heterocycles. The van der Waals surface area contributed by atoms with E-state index in [1.54, 1.807) is 4.57 Å². The zero-order valence-electron chi connectivity index (χ0n) is 22.1. The van der Waals surface area contributed by atoms with Gasteiger partial charge in [-0.3, -0.25) is 33.5 Å². The van der Waals surface area contributed by atoms with Gasteiger partial charge in [0.2, 0.25) is 11.9 Å². The van der Waals surface area contributed by atoms with Crippen LogP contribution < -0.4 is 22.6 Å². The minimum absolute atomic E-state index is 0.0147. The molecule has 0 saturated carbocycles. The number of imidazole rings is 2. The summed E-state index contributed by atoms with van der Waals surface area (Å²) >= 11 is 0. The summed E-state index contributed by atoms with van der Waals surface area (Å²) in [5.74, 6) is -0.348. The van der Waals surface area contributed by atoms with Gasteiger partial charge in [0.05, 0.1) is 31.5 Å². The maximum atomic E-state index is 11.8. The van der Waals surface area contributed by atoms with Gasteiger partial charge < -0.3 is 35.9 Å². The molecule has 2 aliphatic rings. The first kappa shape index (κ1) is 28.1. The third-order valence-corrected chi connectivity index (χ3v) is 6.81. The van der Waals surface area contributed by atoms with Crippen molar-refractivity contribution in [3.8, 4) is 0 Å². The van der Waals surface area contributed by atoms with Crippen LogP contribution >= 0.6 is 0 Å². The Bertz CT molecular complexity index is 1680. The van der Waals surface area contributed by atoms with E-state index in [0.717, 1.165) is 0 Å². The Morgan fingerprint density at radius 2 is 1.51 bits per heavy atom. The number of nitrogen functional groups attached to an aromatic ring is 2. The monoisotopic (exact) mass is 574 g/mol. The molecule has 0 radical (unpaired) electrons. The largest absolute Gasteiger partial charge is 0.460 e. The number of carbonyl (C=O) groups excluding carboxylic acids is 1. The Labute approximate surface area is 230 Å². The van der Waals surface area contributed by atoms with Crippen molar-refractivity contribution in [2.45, 2.75) is 70.0 Å². The van der Waals surface area contributed by atoms with E-state index in [9.17, 15) is 19.5 Å². The summed E-state index contributed by atoms with van der Waals surface area (Å²) in [4.78, 5) is 55.5. The van der Waals surface area contributed by atoms with Crippen molar-refractivity contribution < 1.29 is 29.2 Å². The van der Waals surface area contributed by atoms with Crippen molar-refractivity contribution in [3.05, 3.63) is 33.4 Å². The number of nitrogens with zero attached hydrogens (tertiary/aromatic N) is 6. The van der Waals surface area contributed by atoms with Gasteiger partial charge in [0.1, 0.15) is 24.7 Å². The predicted molar refractivity (Wildman–Crippen MR) is 141 cm³/mol. The van der Waals surface area contributed by atoms with Gasteiger partial charge in [0.25, 0.3) is 11.1 Å². The average Bonchev–Trinajstić information content (AvgIpc) is 3.68. The van der Waals surface area contributed by atoms with E-state index in [1.807, 2.05) is 6.92 Å². The fourth-order valence-corrected chi connectivity index (χ4v) is 4.93. The first-order valence-electron chi connectivity index (χ1n) is 12.8. The molecule has 8 N–H and O–H groups in total. The van der Waals surface area contributed by atoms with Gasteiger partial charge in [-0.25, -0.2) is 9.97 Å². The number of hydrogen-bond acceptors (Lipinski definition) is 14. The first-order chi connectivity index (χ1) is 19.6. The quantitative estimate of drug-likeness (QED) is 0.151. The van der Waals surface area contributed by atoms with Crippen molar-refractivity contribution in [3.63, 3.8) is 0 Å². The SMILES string of the molecule is CC[C@H]1OC(n2cnc3c(=O)[nH]c(N)nc32)C[C@@H]1OC(C)=O.Nc1nc2c(ncn2C2C[C@H](O)[C@@H](CO)O2)c(=O)[nH]1. The number of hydrogen-bond donors (Lipinski definition) is 6. The van der Waals surface area contributed by atoms with Gasteiger partial charge in [0.15, 0.2) is 22.3 Å². The second kappa shape index (κ2) is 11.2. The number of aliphatic hydroxyl groups excluding tert-OH is 2. The highest BCUT2D eigenvalue weighted by Crippen LogP contribution is 2.34. The summed E-state index contributed by atoms with van der Waals surface area (Å²) in [5, 5.41) is 18.8. The maximum Gasteiger partial charge on any atom is 0.302 e. The fourth-order valence-electron chi connectivity index (χ4n) is 4.93. The van der Waals surface area contributed by atoms with Crippen molar-refractivity contribution in [1.82, 2.24) is 39.0 Å². The Hall–Kier alpha value is -4.39. The van der Waals surface area contributed by atoms with E-state index in [4.69, 9.17) is 30.8 Å². The molecule has 2 saturated heterocycles. The first-order valence-corrected chi connectivity index (χ1v) is 12.8. The molecular formula is C23H30N10O8. The molecule has 4 aromatic rings. The Balaban J connectivity index is 0.000000166. The molecule has 0 aromatic carbocycles. The van der Waals surface area contributed by atoms with Gasteiger partial charge in [-0.2, -0.15) is 9.97 Å². The lowest BCUT2D eigenvalue weighted by molar-refractivity contribution is -0.149. The van der Waals surface area contributed by atoms with Crippen molar-refractivity contribution >= 4 is 40.2 Å². The molecule has 18 nitrogen and oxygen atoms in total. The lowest BCUT2D eigenvalue weighted by atomic mass is 10.1. The molecule has 41 heavy (non-hydrogen) atoms. The minimum atomic E-state index is -0.771. The molecule has 2 fully saturated rings. The number of ether oxygens (including phenoxy) is 3. The molecule has 6 atom stereocenters. The van der Waals surface area contributed by atoms with Crippen molar-refractivity contribution in [2.75, 3.05) is 18.1 Å². The number of fused-ring (bicyclic) bond motifs is 2. The summed E-state index contributed by atoms with van der Waals surface area (Å²) in [7, 11) is 0. The summed E-state index contributed by atoms with van der Waals surface area (Å²) in [5.41, 5.74) is 11.2. The van der Waals surface area contributed by atoms with Crippen LogP contribution in [0.5, 0.6) is 0 Å². The fraction of sp³-hybridized carbons (Fsp3) is 0.522. The van der Waals surface area contributed by atoms with Crippen LogP contribution in [0.15, 0.2) is 22.2 Å². The molecule has 2 unspecified atom stereocenters. The zero-order chi connectivity index (χ0) is 29.4. The smallest absolute Gasteiger partial charge is 0.302 e. The van der Waals surface area contributed by atoms with Crippen LogP contribution in [0.4, 0.5) is 11.9 Å². The summed E-state index contributed by atoms with van der Waals surface area (Å²) in [6.07, 6.45) is 1.45. The molecule has 6 rings (SSSR count). The van der Waals surface area contributed by atoms with Gasteiger partial charge in [-0.1, -0.05) is 6.92 Å². The van der Waals surface area contributed by atoms with Crippen LogP contribution in [0.3, 0.4) is 0 Å². The number of esters is 1. The molecule has 0 aliphatic carbocycles. The molecule has 2 aliphatic heterocycles. The maximum absolute atomic E-state index is 11.8. The van der Waals surface area contributed by atoms with E-state index >= 15 is 0 Å². The Morgan fingerprint density at radius 1 is 1.00 bits per heavy atom. The standard InChI is InChI=1S/C13H17N5O4.C10H13N5O4/c1-3-7-8(21-6(2)19)4-9(22-7)18-5-15-10-11(18)16-13(14)17-12(10)20;11-10-13-8-7(9(18)14-10)12-3-15(8)6-1-4(17)5(2-16)19-6/h5,7-9H,3-4H2,1-2H3,(H3,14,16,17,20);3-6,16-17H,1-2H2,(H3,11,13,14,18)/t7-,8+,9?;4-,5+,6?/m10/s1. The molecular weight excluding hydrogens is 544 g/mol. The topological polar surface area (TPSA) is 264 Å². The van der Waals surface area contributed by atoms with E-state index < -0.39 is 35.8 Å². The van der Waals surface area contributed by atoms with Crippen molar-refractivity contribution in [2.24, 2.45) is 0 Å². The van der Waals surface area contributed by atoms with Gasteiger partial charge in [0, 0.05) is 19.8 Å². The molecule has 18 heteroatoms. The normalized spacial score (nSPS) is 25.9. The zero-order valence-corrected chi connectivity index (χ0v) is 22.1. The molecule has 6 heterocycles. The third kappa shape index (κ3) is 5.49. The highest BCUT2D eigenvalue weighted by Gasteiger charge is 2.38. The van der Waals surface area contributed by atoms with E-state index in [1.165, 1.54) is 24.1 Å². The molecule has 0 spiro atoms. The van der Waals surface area contributed by atoms with Crippen molar-refractivity contribution in [1.29, 1.82) is 0 Å². The van der Waals surface area contributed by atoms with Gasteiger partial charge >= 0.3 is 5.97 Å². The number of anilines is 2. The number of carbonyl (C=O) groups is 1. The molecule has 220 valence electrons. The molecule has 0 bridgehead atoms. The van der Waals surface area contributed by atoms with Crippen LogP contribution in [-0.4, -0.2) is 86.2 Å². The van der Waals surface area contributed by atoms with Crippen LogP contribution in [0.1, 0.15) is 45.6 Å². The lowest BCUT2D eigenvalue weighted by Crippen LogP contribution is -2.25. The predicted octanol–water partition coefficient (Wildman–Crippen LogP) is -1.33. The minimum Gasteiger partial charge on any atom is -0.460 e. The van der Waals surface area contributed by atoms with E-state index in [-0.39, 0.29) is 59.8 Å². The number of rotatable bonds is 5. The van der Waals surface area contributed by atoms with Gasteiger partial charge in [-0.15, -0.1) is 0 Å². The number of aliphatic hydroxyl groups is 2. The number of aromatic nitrogens is 8. The number of nitrogens with two attached hydrogens (primary N) is 2. The summed E-state index contributed by atoms with van der Waals surface area (Å²) < 4.78 is 19.9. The summed E-state index contributed by atoms with van der Waals surface area (Å²) in [6, 6.07) is 0. The number of H-pyrrole nitrogens is 2. The second-order valence-electron chi connectivity index (χ2n) is 9.59.